The molecule has 0 saturated carbocycles. The Morgan fingerprint density at radius 2 is 1.82 bits per heavy atom. The lowest BCUT2D eigenvalue weighted by molar-refractivity contribution is -0.146. The fraction of sp³-hybridized carbons (Fsp3) is 0.467. The molecule has 0 heterocycles. The number of esters is 1. The van der Waals surface area contributed by atoms with Crippen molar-refractivity contribution in [2.45, 2.75) is 39.2 Å². The number of hydrogen-bond donors (Lipinski definition) is 1. The van der Waals surface area contributed by atoms with E-state index in [1.165, 1.54) is 31.2 Å². The second-order valence-electron chi connectivity index (χ2n) is 5.05. The average molecular weight is 327 g/mol. The van der Waals surface area contributed by atoms with Crippen molar-refractivity contribution in [1.29, 1.82) is 0 Å². The van der Waals surface area contributed by atoms with Gasteiger partial charge < -0.3 is 4.74 Å². The maximum atomic E-state index is 12.1. The van der Waals surface area contributed by atoms with Crippen molar-refractivity contribution in [2.24, 2.45) is 0 Å². The van der Waals surface area contributed by atoms with Crippen LogP contribution >= 0.6 is 0 Å². The number of ketones is 1. The number of anilines is 1. The minimum absolute atomic E-state index is 0.297. The van der Waals surface area contributed by atoms with E-state index in [0.717, 1.165) is 19.1 Å². The molecule has 1 atom stereocenters. The van der Waals surface area contributed by atoms with Crippen LogP contribution in [-0.2, 0) is 19.6 Å². The Kier molecular flexibility index (Phi) is 6.55. The number of carbonyl (C=O) groups excluding carboxylic acids is 2. The minimum Gasteiger partial charge on any atom is -0.454 e. The third kappa shape index (κ3) is 6.26. The topological polar surface area (TPSA) is 89.5 Å². The Bertz CT molecular complexity index is 622. The van der Waals surface area contributed by atoms with Gasteiger partial charge in [-0.3, -0.25) is 14.3 Å². The molecule has 1 rings (SSSR count). The number of rotatable bonds is 8. The standard InChI is InChI=1S/C15H21NO5S/c1-4-5-6-14(17)21-11(2)15(18)12-7-9-13(10-8-12)16-22(3,19)20/h7-11,16H,4-6H2,1-3H3/t11-/m0/s1. The zero-order valence-electron chi connectivity index (χ0n) is 13.0. The molecule has 0 aliphatic rings. The predicted molar refractivity (Wildman–Crippen MR) is 84.3 cm³/mol. The summed E-state index contributed by atoms with van der Waals surface area (Å²) in [5, 5.41) is 0. The normalized spacial score (nSPS) is 12.5. The molecule has 122 valence electrons. The number of carbonyl (C=O) groups is 2. The highest BCUT2D eigenvalue weighted by molar-refractivity contribution is 7.92. The van der Waals surface area contributed by atoms with Gasteiger partial charge in [0.1, 0.15) is 0 Å². The Hall–Kier alpha value is -1.89. The van der Waals surface area contributed by atoms with E-state index < -0.39 is 22.1 Å². The lowest BCUT2D eigenvalue weighted by Crippen LogP contribution is -2.24. The van der Waals surface area contributed by atoms with Crippen molar-refractivity contribution >= 4 is 27.5 Å². The van der Waals surface area contributed by atoms with Gasteiger partial charge in [-0.1, -0.05) is 13.3 Å². The van der Waals surface area contributed by atoms with Crippen molar-refractivity contribution in [1.82, 2.24) is 0 Å². The van der Waals surface area contributed by atoms with Gasteiger partial charge in [0.05, 0.1) is 6.26 Å². The van der Waals surface area contributed by atoms with Crippen LogP contribution in [0.5, 0.6) is 0 Å². The number of ether oxygens (including phenoxy) is 1. The van der Waals surface area contributed by atoms with Gasteiger partial charge in [-0.05, 0) is 37.6 Å². The summed E-state index contributed by atoms with van der Waals surface area (Å²) in [4.78, 5) is 23.6. The zero-order valence-corrected chi connectivity index (χ0v) is 13.8. The molecule has 0 spiro atoms. The number of sulfonamides is 1. The molecule has 0 amide bonds. The molecule has 0 bridgehead atoms. The molecule has 22 heavy (non-hydrogen) atoms. The van der Waals surface area contributed by atoms with Crippen LogP contribution in [-0.4, -0.2) is 32.5 Å². The first kappa shape index (κ1) is 18.2. The van der Waals surface area contributed by atoms with Crippen LogP contribution in [0, 0.1) is 0 Å². The number of unbranched alkanes of at least 4 members (excludes halogenated alkanes) is 1. The fourth-order valence-corrected chi connectivity index (χ4v) is 2.35. The SMILES string of the molecule is CCCCC(=O)O[C@@H](C)C(=O)c1ccc(NS(C)(=O)=O)cc1. The minimum atomic E-state index is -3.36. The predicted octanol–water partition coefficient (Wildman–Crippen LogP) is 2.36. The summed E-state index contributed by atoms with van der Waals surface area (Å²) in [6.45, 7) is 3.49. The molecule has 0 saturated heterocycles. The van der Waals surface area contributed by atoms with Gasteiger partial charge in [-0.2, -0.15) is 0 Å². The molecule has 6 nitrogen and oxygen atoms in total. The zero-order chi connectivity index (χ0) is 16.8. The first-order chi connectivity index (χ1) is 10.2. The first-order valence-corrected chi connectivity index (χ1v) is 8.93. The van der Waals surface area contributed by atoms with Gasteiger partial charge in [0.15, 0.2) is 6.10 Å². The molecule has 1 aromatic carbocycles. The highest BCUT2D eigenvalue weighted by atomic mass is 32.2. The molecule has 0 aliphatic heterocycles. The van der Waals surface area contributed by atoms with Crippen LogP contribution in [0.15, 0.2) is 24.3 Å². The van der Waals surface area contributed by atoms with E-state index in [0.29, 0.717) is 17.7 Å². The van der Waals surface area contributed by atoms with Crippen molar-refractivity contribution in [2.75, 3.05) is 11.0 Å². The number of Topliss-reactive ketones (excluding diaryl/α,β-unsaturated/α-hetero) is 1. The summed E-state index contributed by atoms with van der Waals surface area (Å²) in [7, 11) is -3.36. The van der Waals surface area contributed by atoms with E-state index in [9.17, 15) is 18.0 Å². The molecule has 0 radical (unpaired) electrons. The maximum absolute atomic E-state index is 12.1. The van der Waals surface area contributed by atoms with Crippen molar-refractivity contribution < 1.29 is 22.7 Å². The molecular weight excluding hydrogens is 306 g/mol. The summed E-state index contributed by atoms with van der Waals surface area (Å²) in [5.41, 5.74) is 0.724. The van der Waals surface area contributed by atoms with Crippen LogP contribution in [0.2, 0.25) is 0 Å². The number of benzene rings is 1. The van der Waals surface area contributed by atoms with Gasteiger partial charge in [0.25, 0.3) is 0 Å². The Morgan fingerprint density at radius 1 is 1.23 bits per heavy atom. The van der Waals surface area contributed by atoms with Crippen molar-refractivity contribution in [3.63, 3.8) is 0 Å². The van der Waals surface area contributed by atoms with E-state index in [-0.39, 0.29) is 5.78 Å². The lowest BCUT2D eigenvalue weighted by Gasteiger charge is -2.12. The maximum Gasteiger partial charge on any atom is 0.306 e. The summed E-state index contributed by atoms with van der Waals surface area (Å²) in [5.74, 6) is -0.714. The third-order valence-corrected chi connectivity index (χ3v) is 3.49. The van der Waals surface area contributed by atoms with E-state index in [1.54, 1.807) is 0 Å². The van der Waals surface area contributed by atoms with Crippen LogP contribution in [0.4, 0.5) is 5.69 Å². The molecule has 1 N–H and O–H groups in total. The highest BCUT2D eigenvalue weighted by Gasteiger charge is 2.19. The Morgan fingerprint density at radius 3 is 2.32 bits per heavy atom. The van der Waals surface area contributed by atoms with E-state index in [4.69, 9.17) is 4.74 Å². The highest BCUT2D eigenvalue weighted by Crippen LogP contribution is 2.14. The van der Waals surface area contributed by atoms with Crippen LogP contribution in [0.25, 0.3) is 0 Å². The molecule has 0 aliphatic carbocycles. The summed E-state index contributed by atoms with van der Waals surface area (Å²) in [6, 6.07) is 5.96. The largest absolute Gasteiger partial charge is 0.454 e. The second kappa shape index (κ2) is 7.93. The van der Waals surface area contributed by atoms with Crippen LogP contribution < -0.4 is 4.72 Å². The van der Waals surface area contributed by atoms with Gasteiger partial charge in [0.2, 0.25) is 15.8 Å². The van der Waals surface area contributed by atoms with Crippen molar-refractivity contribution in [3.8, 4) is 0 Å². The number of hydrogen-bond acceptors (Lipinski definition) is 5. The Labute approximate surface area is 130 Å². The molecule has 0 unspecified atom stereocenters. The molecule has 7 heteroatoms. The van der Waals surface area contributed by atoms with Crippen LogP contribution in [0.3, 0.4) is 0 Å². The van der Waals surface area contributed by atoms with Gasteiger partial charge in [-0.15, -0.1) is 0 Å². The second-order valence-corrected chi connectivity index (χ2v) is 6.80. The van der Waals surface area contributed by atoms with E-state index >= 15 is 0 Å². The molecule has 1 aromatic rings. The summed E-state index contributed by atoms with van der Waals surface area (Å²) in [6.07, 6.45) is 2.09. The third-order valence-electron chi connectivity index (χ3n) is 2.88. The fourth-order valence-electron chi connectivity index (χ4n) is 1.78. The van der Waals surface area contributed by atoms with E-state index in [1.807, 2.05) is 6.92 Å². The summed E-state index contributed by atoms with van der Waals surface area (Å²) < 4.78 is 29.6. The number of nitrogens with one attached hydrogen (secondary N) is 1. The van der Waals surface area contributed by atoms with Crippen molar-refractivity contribution in [3.05, 3.63) is 29.8 Å². The van der Waals surface area contributed by atoms with Gasteiger partial charge >= 0.3 is 5.97 Å². The average Bonchev–Trinajstić information content (AvgIpc) is 2.43. The van der Waals surface area contributed by atoms with Gasteiger partial charge in [-0.25, -0.2) is 8.42 Å². The smallest absolute Gasteiger partial charge is 0.306 e. The summed E-state index contributed by atoms with van der Waals surface area (Å²) >= 11 is 0. The van der Waals surface area contributed by atoms with E-state index in [2.05, 4.69) is 4.72 Å². The van der Waals surface area contributed by atoms with Gasteiger partial charge in [0, 0.05) is 17.7 Å². The molecule has 0 fully saturated rings. The molecule has 0 aromatic heterocycles. The lowest BCUT2D eigenvalue weighted by atomic mass is 10.1. The first-order valence-electron chi connectivity index (χ1n) is 7.04. The Balaban J connectivity index is 2.67. The monoisotopic (exact) mass is 327 g/mol. The van der Waals surface area contributed by atoms with Crippen LogP contribution in [0.1, 0.15) is 43.5 Å². The quantitative estimate of drug-likeness (QED) is 0.585. The molecular formula is C15H21NO5S.